The molecule has 0 unspecified atom stereocenters. The monoisotopic (exact) mass is 504 g/mol. The van der Waals surface area contributed by atoms with Gasteiger partial charge in [0.25, 0.3) is 0 Å². The largest absolute Gasteiger partial charge is 0.352 e. The van der Waals surface area contributed by atoms with Crippen molar-refractivity contribution in [2.24, 2.45) is 0 Å². The summed E-state index contributed by atoms with van der Waals surface area (Å²) in [6.07, 6.45) is 1.93. The van der Waals surface area contributed by atoms with E-state index in [0.717, 1.165) is 14.4 Å². The smallest absolute Gasteiger partial charge is 0.226 e. The molecule has 4 rings (SSSR count). The van der Waals surface area contributed by atoms with Crippen LogP contribution in [0.2, 0.25) is 0 Å². The second kappa shape index (κ2) is 9.20. The minimum absolute atomic E-state index is 0.0926. The lowest BCUT2D eigenvalue weighted by Gasteiger charge is -2.26. The quantitative estimate of drug-likeness (QED) is 0.460. The molecule has 0 spiro atoms. The van der Waals surface area contributed by atoms with Crippen LogP contribution in [0.4, 0.5) is 10.1 Å². The first kappa shape index (κ1) is 20.9. The van der Waals surface area contributed by atoms with Crippen molar-refractivity contribution in [1.29, 1.82) is 0 Å². The van der Waals surface area contributed by atoms with E-state index in [1.54, 1.807) is 35.7 Å². The van der Waals surface area contributed by atoms with Crippen LogP contribution in [0.1, 0.15) is 29.1 Å². The van der Waals surface area contributed by atoms with E-state index in [4.69, 9.17) is 12.2 Å². The maximum atomic E-state index is 13.8. The third kappa shape index (κ3) is 4.53. The van der Waals surface area contributed by atoms with E-state index in [-0.39, 0.29) is 30.1 Å². The zero-order chi connectivity index (χ0) is 21.1. The third-order valence-corrected chi connectivity index (χ3v) is 6.86. The number of carbonyl (C=O) groups excluding carboxylic acids is 1. The summed E-state index contributed by atoms with van der Waals surface area (Å²) in [5, 5.41) is 6.55. The number of thiocarbonyl (C=S) groups is 1. The molecule has 0 saturated carbocycles. The van der Waals surface area contributed by atoms with Crippen molar-refractivity contribution in [3.05, 3.63) is 81.0 Å². The van der Waals surface area contributed by atoms with Crippen LogP contribution in [0.25, 0.3) is 0 Å². The first-order valence-electron chi connectivity index (χ1n) is 9.30. The number of benzene rings is 1. The summed E-state index contributed by atoms with van der Waals surface area (Å²) in [6, 6.07) is 15.7. The van der Waals surface area contributed by atoms with Crippen molar-refractivity contribution < 1.29 is 9.18 Å². The molecule has 3 aromatic rings. The average molecular weight is 505 g/mol. The molecule has 0 radical (unpaired) electrons. The highest BCUT2D eigenvalue weighted by atomic mass is 79.9. The first-order valence-corrected chi connectivity index (χ1v) is 11.3. The molecule has 2 N–H and O–H groups in total. The molecule has 3 heterocycles. The van der Waals surface area contributed by atoms with Crippen LogP contribution in [0.15, 0.2) is 64.6 Å². The summed E-state index contributed by atoms with van der Waals surface area (Å²) < 4.78 is 14.8. The summed E-state index contributed by atoms with van der Waals surface area (Å²) in [6.45, 7) is 0.398. The minimum atomic E-state index is -0.458. The molecule has 0 aliphatic carbocycles. The van der Waals surface area contributed by atoms with Gasteiger partial charge in [-0.15, -0.1) is 11.3 Å². The third-order valence-electron chi connectivity index (χ3n) is 4.81. The fourth-order valence-electron chi connectivity index (χ4n) is 3.44. The molecule has 1 aromatic carbocycles. The zero-order valence-electron chi connectivity index (χ0n) is 15.7. The lowest BCUT2D eigenvalue weighted by Crippen LogP contribution is -2.32. The summed E-state index contributed by atoms with van der Waals surface area (Å²) in [5.41, 5.74) is 1.06. The van der Waals surface area contributed by atoms with E-state index < -0.39 is 5.82 Å². The summed E-state index contributed by atoms with van der Waals surface area (Å²) in [4.78, 5) is 20.1. The number of anilines is 1. The number of halogens is 2. The van der Waals surface area contributed by atoms with E-state index in [0.29, 0.717) is 11.7 Å². The van der Waals surface area contributed by atoms with Gasteiger partial charge < -0.3 is 15.5 Å². The standard InChI is InChI=1S/C21H18BrFN4OS2/c22-17-9-8-16(30-17)20-19(15-7-3-4-11-24-15)26-21(29)27(20)12-10-18(28)25-14-6-2-1-5-13(14)23/h1-9,11,19-20H,10,12H2,(H,25,28)(H,26,29)/t19-,20-/m0/s1. The highest BCUT2D eigenvalue weighted by Crippen LogP contribution is 2.42. The minimum Gasteiger partial charge on any atom is -0.352 e. The van der Waals surface area contributed by atoms with Crippen molar-refractivity contribution in [2.75, 3.05) is 11.9 Å². The van der Waals surface area contributed by atoms with Gasteiger partial charge in [0.1, 0.15) is 5.82 Å². The first-order chi connectivity index (χ1) is 14.5. The Hall–Kier alpha value is -2.36. The number of aromatic nitrogens is 1. The Morgan fingerprint density at radius 2 is 2.03 bits per heavy atom. The Morgan fingerprint density at radius 3 is 2.73 bits per heavy atom. The number of rotatable bonds is 6. The molecule has 5 nitrogen and oxygen atoms in total. The van der Waals surface area contributed by atoms with Gasteiger partial charge in [0.15, 0.2) is 5.11 Å². The molecule has 1 aliphatic heterocycles. The highest BCUT2D eigenvalue weighted by molar-refractivity contribution is 9.11. The van der Waals surface area contributed by atoms with Gasteiger partial charge >= 0.3 is 0 Å². The number of carbonyl (C=O) groups is 1. The van der Waals surface area contributed by atoms with E-state index in [9.17, 15) is 9.18 Å². The van der Waals surface area contributed by atoms with Crippen LogP contribution in [0, 0.1) is 5.82 Å². The molecule has 2 atom stereocenters. The topological polar surface area (TPSA) is 57.3 Å². The predicted molar refractivity (Wildman–Crippen MR) is 124 cm³/mol. The molecular weight excluding hydrogens is 487 g/mol. The Balaban J connectivity index is 1.52. The molecule has 1 fully saturated rings. The maximum Gasteiger partial charge on any atom is 0.226 e. The number of amides is 1. The van der Waals surface area contributed by atoms with Gasteiger partial charge in [0.2, 0.25) is 5.91 Å². The zero-order valence-corrected chi connectivity index (χ0v) is 18.9. The van der Waals surface area contributed by atoms with Crippen LogP contribution in [-0.4, -0.2) is 27.4 Å². The molecular formula is C21H18BrFN4OS2. The lowest BCUT2D eigenvalue weighted by atomic mass is 10.0. The maximum absolute atomic E-state index is 13.8. The SMILES string of the molecule is O=C(CCN1C(=S)N[C@@H](c2ccccn2)[C@@H]1c1ccc(Br)s1)Nc1ccccc1F. The second-order valence-electron chi connectivity index (χ2n) is 6.74. The van der Waals surface area contributed by atoms with E-state index in [1.165, 1.54) is 6.07 Å². The average Bonchev–Trinajstić information content (AvgIpc) is 3.31. The van der Waals surface area contributed by atoms with Crippen molar-refractivity contribution in [1.82, 2.24) is 15.2 Å². The fraction of sp³-hybridized carbons (Fsp3) is 0.190. The van der Waals surface area contributed by atoms with Gasteiger partial charge in [0, 0.05) is 24.0 Å². The number of hydrogen-bond acceptors (Lipinski definition) is 4. The van der Waals surface area contributed by atoms with Gasteiger partial charge in [-0.2, -0.15) is 0 Å². The van der Waals surface area contributed by atoms with Crippen molar-refractivity contribution >= 4 is 56.2 Å². The summed E-state index contributed by atoms with van der Waals surface area (Å²) in [7, 11) is 0. The van der Waals surface area contributed by atoms with Crippen LogP contribution >= 0.6 is 39.5 Å². The van der Waals surface area contributed by atoms with Crippen molar-refractivity contribution in [3.8, 4) is 0 Å². The summed E-state index contributed by atoms with van der Waals surface area (Å²) >= 11 is 10.7. The van der Waals surface area contributed by atoms with Crippen LogP contribution in [-0.2, 0) is 4.79 Å². The van der Waals surface area contributed by atoms with Crippen LogP contribution in [0.3, 0.4) is 0 Å². The van der Waals surface area contributed by atoms with Gasteiger partial charge in [0.05, 0.1) is 27.3 Å². The molecule has 1 aliphatic rings. The van der Waals surface area contributed by atoms with Gasteiger partial charge in [-0.3, -0.25) is 9.78 Å². The molecule has 154 valence electrons. The van der Waals surface area contributed by atoms with Gasteiger partial charge in [-0.05, 0) is 64.5 Å². The van der Waals surface area contributed by atoms with E-state index >= 15 is 0 Å². The molecule has 1 amide bonds. The van der Waals surface area contributed by atoms with Crippen molar-refractivity contribution in [2.45, 2.75) is 18.5 Å². The van der Waals surface area contributed by atoms with E-state index in [2.05, 4.69) is 37.6 Å². The number of nitrogens with zero attached hydrogens (tertiary/aromatic N) is 2. The normalized spacial score (nSPS) is 18.3. The number of thiophene rings is 1. The molecule has 30 heavy (non-hydrogen) atoms. The van der Waals surface area contributed by atoms with Crippen molar-refractivity contribution in [3.63, 3.8) is 0 Å². The Labute approximate surface area is 191 Å². The Kier molecular flexibility index (Phi) is 6.40. The van der Waals surface area contributed by atoms with Crippen LogP contribution in [0.5, 0.6) is 0 Å². The highest BCUT2D eigenvalue weighted by Gasteiger charge is 2.40. The molecule has 0 bridgehead atoms. The number of hydrogen-bond donors (Lipinski definition) is 2. The Bertz CT molecular complexity index is 1060. The van der Waals surface area contributed by atoms with E-state index in [1.807, 2.05) is 29.2 Å². The lowest BCUT2D eigenvalue weighted by molar-refractivity contribution is -0.116. The molecule has 2 aromatic heterocycles. The Morgan fingerprint density at radius 1 is 1.23 bits per heavy atom. The van der Waals surface area contributed by atoms with Gasteiger partial charge in [-0.1, -0.05) is 18.2 Å². The predicted octanol–water partition coefficient (Wildman–Crippen LogP) is 5.05. The number of pyridine rings is 1. The number of nitrogens with one attached hydrogen (secondary N) is 2. The van der Waals surface area contributed by atoms with Crippen LogP contribution < -0.4 is 10.6 Å². The second-order valence-corrected chi connectivity index (χ2v) is 9.62. The fourth-order valence-corrected chi connectivity index (χ4v) is 5.35. The number of para-hydroxylation sites is 1. The molecule has 9 heteroatoms. The summed E-state index contributed by atoms with van der Waals surface area (Å²) in [5.74, 6) is -0.726. The molecule has 1 saturated heterocycles. The van der Waals surface area contributed by atoms with Gasteiger partial charge in [-0.25, -0.2) is 4.39 Å².